The van der Waals surface area contributed by atoms with Crippen molar-refractivity contribution in [3.63, 3.8) is 0 Å². The van der Waals surface area contributed by atoms with Crippen molar-refractivity contribution in [2.45, 2.75) is 0 Å². The summed E-state index contributed by atoms with van der Waals surface area (Å²) >= 11 is 1.32. The lowest BCUT2D eigenvalue weighted by Gasteiger charge is -2.09. The maximum atomic E-state index is 13.8. The molecule has 2 amide bonds. The molecule has 3 aromatic rings. The second kappa shape index (κ2) is 6.41. The fraction of sp³-hybridized carbons (Fsp3) is 0. The highest BCUT2D eigenvalue weighted by Gasteiger charge is 2.08. The molecule has 0 aliphatic carbocycles. The van der Waals surface area contributed by atoms with Crippen molar-refractivity contribution in [1.82, 2.24) is 9.36 Å². The molecule has 0 aliphatic heterocycles. The Morgan fingerprint density at radius 2 is 2.00 bits per heavy atom. The molecule has 0 aliphatic rings. The second-order valence-electron chi connectivity index (χ2n) is 4.49. The average Bonchev–Trinajstić information content (AvgIpc) is 3.04. The van der Waals surface area contributed by atoms with Gasteiger partial charge in [-0.05, 0) is 35.8 Å². The summed E-state index contributed by atoms with van der Waals surface area (Å²) in [5, 5.41) is 2.18. The van der Waals surface area contributed by atoms with Crippen LogP contribution in [0.4, 0.5) is 14.9 Å². The van der Waals surface area contributed by atoms with Gasteiger partial charge in [0.1, 0.15) is 17.3 Å². The van der Waals surface area contributed by atoms with E-state index >= 15 is 0 Å². The van der Waals surface area contributed by atoms with Crippen LogP contribution in [0.2, 0.25) is 0 Å². The topological polar surface area (TPSA) is 90.1 Å². The number of carbonyl (C=O) groups excluding carboxylic acids is 1. The second-order valence-corrected chi connectivity index (χ2v) is 5.32. The number of halogens is 1. The van der Waals surface area contributed by atoms with Crippen molar-refractivity contribution in [3.8, 4) is 22.1 Å². The van der Waals surface area contributed by atoms with Gasteiger partial charge in [0.05, 0.1) is 16.3 Å². The Labute approximate surface area is 134 Å². The number of nitrogens with one attached hydrogen (secondary N) is 1. The number of pyridine rings is 1. The Morgan fingerprint density at radius 1 is 1.17 bits per heavy atom. The molecule has 0 spiro atoms. The zero-order valence-corrected chi connectivity index (χ0v) is 12.5. The third-order valence-electron chi connectivity index (χ3n) is 2.86. The van der Waals surface area contributed by atoms with Gasteiger partial charge in [0.15, 0.2) is 0 Å². The highest BCUT2D eigenvalue weighted by Crippen LogP contribution is 2.28. The van der Waals surface area contributed by atoms with Crippen LogP contribution in [-0.2, 0) is 0 Å². The van der Waals surface area contributed by atoms with Crippen molar-refractivity contribution in [1.29, 1.82) is 0 Å². The lowest BCUT2D eigenvalue weighted by molar-refractivity contribution is 0.259. The molecule has 23 heavy (non-hydrogen) atoms. The summed E-state index contributed by atoms with van der Waals surface area (Å²) in [5.41, 5.74) is 5.67. The molecule has 6 nitrogen and oxygen atoms in total. The van der Waals surface area contributed by atoms with Crippen molar-refractivity contribution in [2.75, 3.05) is 5.32 Å². The Morgan fingerprint density at radius 3 is 2.70 bits per heavy atom. The lowest BCUT2D eigenvalue weighted by Crippen LogP contribution is -2.19. The van der Waals surface area contributed by atoms with E-state index in [1.54, 1.807) is 24.5 Å². The summed E-state index contributed by atoms with van der Waals surface area (Å²) < 4.78 is 23.5. The first-order chi connectivity index (χ1) is 11.1. The Hall–Kier alpha value is -3.00. The first-order valence-corrected chi connectivity index (χ1v) is 7.30. The molecular weight excluding hydrogens is 319 g/mol. The van der Waals surface area contributed by atoms with E-state index < -0.39 is 11.8 Å². The number of aromatic nitrogens is 2. The van der Waals surface area contributed by atoms with E-state index in [4.69, 9.17) is 10.5 Å². The minimum absolute atomic E-state index is 0.00933. The first-order valence-electron chi connectivity index (χ1n) is 6.53. The van der Waals surface area contributed by atoms with Gasteiger partial charge >= 0.3 is 6.03 Å². The van der Waals surface area contributed by atoms with Crippen LogP contribution in [-0.4, -0.2) is 15.4 Å². The zero-order chi connectivity index (χ0) is 16.2. The molecule has 1 aromatic carbocycles. The fourth-order valence-electron chi connectivity index (χ4n) is 1.89. The van der Waals surface area contributed by atoms with Gasteiger partial charge in [-0.25, -0.2) is 13.6 Å². The van der Waals surface area contributed by atoms with E-state index in [1.165, 1.54) is 23.7 Å². The number of hydrogen-bond acceptors (Lipinski definition) is 5. The van der Waals surface area contributed by atoms with Gasteiger partial charge in [0, 0.05) is 24.5 Å². The number of nitrogens with zero attached hydrogens (tertiary/aromatic N) is 2. The van der Waals surface area contributed by atoms with Crippen molar-refractivity contribution >= 4 is 23.3 Å². The molecule has 0 radical (unpaired) electrons. The van der Waals surface area contributed by atoms with E-state index in [0.29, 0.717) is 11.5 Å². The van der Waals surface area contributed by atoms with Crippen molar-refractivity contribution < 1.29 is 13.9 Å². The fourth-order valence-corrected chi connectivity index (χ4v) is 2.45. The van der Waals surface area contributed by atoms with Crippen LogP contribution in [0.3, 0.4) is 0 Å². The molecule has 0 saturated heterocycles. The molecule has 0 fully saturated rings. The van der Waals surface area contributed by atoms with Crippen molar-refractivity contribution in [2.24, 2.45) is 5.73 Å². The number of primary amides is 1. The number of hydrogen-bond donors (Lipinski definition) is 2. The maximum Gasteiger partial charge on any atom is 0.316 e. The summed E-state index contributed by atoms with van der Waals surface area (Å²) in [6.45, 7) is 0. The highest BCUT2D eigenvalue weighted by molar-refractivity contribution is 7.09. The van der Waals surface area contributed by atoms with E-state index in [1.807, 2.05) is 6.07 Å². The molecule has 0 atom stereocenters. The summed E-state index contributed by atoms with van der Waals surface area (Å²) in [5.74, 6) is 0.162. The standard InChI is InChI=1S/C15H11FN4O2S/c16-11-7-9(1-2-12(11)20-15(17)21)22-10-3-5-18-13(8-10)14-4-6-19-23-14/h1-8H,(H3,17,20,21). The van der Waals surface area contributed by atoms with Gasteiger partial charge in [-0.15, -0.1) is 0 Å². The molecule has 0 bridgehead atoms. The largest absolute Gasteiger partial charge is 0.457 e. The Kier molecular flexibility index (Phi) is 4.15. The number of carbonyl (C=O) groups is 1. The summed E-state index contributed by atoms with van der Waals surface area (Å²) in [7, 11) is 0. The molecule has 116 valence electrons. The molecule has 0 unspecified atom stereocenters. The van der Waals surface area contributed by atoms with Crippen LogP contribution in [0.5, 0.6) is 11.5 Å². The van der Waals surface area contributed by atoms with Gasteiger partial charge in [0.2, 0.25) is 0 Å². The minimum atomic E-state index is -0.832. The van der Waals surface area contributed by atoms with Crippen LogP contribution < -0.4 is 15.8 Å². The number of anilines is 1. The predicted octanol–water partition coefficient (Wildman–Crippen LogP) is 3.63. The van der Waals surface area contributed by atoms with Crippen LogP contribution in [0.15, 0.2) is 48.8 Å². The number of urea groups is 1. The SMILES string of the molecule is NC(=O)Nc1ccc(Oc2ccnc(-c3ccns3)c2)cc1F. The summed E-state index contributed by atoms with van der Waals surface area (Å²) in [4.78, 5) is 15.9. The Bertz CT molecular complexity index is 839. The maximum absolute atomic E-state index is 13.8. The molecule has 3 N–H and O–H groups in total. The number of rotatable bonds is 4. The molecular formula is C15H11FN4O2S. The van der Waals surface area contributed by atoms with E-state index in [0.717, 1.165) is 16.6 Å². The molecule has 2 aromatic heterocycles. The third-order valence-corrected chi connectivity index (χ3v) is 3.62. The van der Waals surface area contributed by atoms with E-state index in [-0.39, 0.29) is 5.69 Å². The zero-order valence-electron chi connectivity index (χ0n) is 11.7. The number of benzene rings is 1. The van der Waals surface area contributed by atoms with Crippen LogP contribution in [0.25, 0.3) is 10.6 Å². The van der Waals surface area contributed by atoms with Gasteiger partial charge in [0.25, 0.3) is 0 Å². The predicted molar refractivity (Wildman–Crippen MR) is 85.0 cm³/mol. The molecule has 3 rings (SSSR count). The van der Waals surface area contributed by atoms with Gasteiger partial charge in [-0.3, -0.25) is 4.98 Å². The summed E-state index contributed by atoms with van der Waals surface area (Å²) in [6.07, 6.45) is 3.29. The number of amides is 2. The third kappa shape index (κ3) is 3.61. The number of nitrogens with two attached hydrogens (primary N) is 1. The molecule has 8 heteroatoms. The van der Waals surface area contributed by atoms with E-state index in [9.17, 15) is 9.18 Å². The van der Waals surface area contributed by atoms with Crippen LogP contribution >= 0.6 is 11.5 Å². The lowest BCUT2D eigenvalue weighted by atomic mass is 10.2. The normalized spacial score (nSPS) is 10.3. The first kappa shape index (κ1) is 14.9. The quantitative estimate of drug-likeness (QED) is 0.764. The number of ether oxygens (including phenoxy) is 1. The van der Waals surface area contributed by atoms with Gasteiger partial charge in [-0.2, -0.15) is 0 Å². The van der Waals surface area contributed by atoms with Gasteiger partial charge < -0.3 is 15.8 Å². The minimum Gasteiger partial charge on any atom is -0.457 e. The average molecular weight is 330 g/mol. The van der Waals surface area contributed by atoms with Gasteiger partial charge in [-0.1, -0.05) is 0 Å². The van der Waals surface area contributed by atoms with Crippen molar-refractivity contribution in [3.05, 3.63) is 54.6 Å². The summed E-state index contributed by atoms with van der Waals surface area (Å²) in [6, 6.07) is 8.49. The van der Waals surface area contributed by atoms with E-state index in [2.05, 4.69) is 14.7 Å². The molecule has 2 heterocycles. The monoisotopic (exact) mass is 330 g/mol. The molecule has 0 saturated carbocycles. The van der Waals surface area contributed by atoms with Crippen LogP contribution in [0.1, 0.15) is 0 Å². The Balaban J connectivity index is 1.81. The highest BCUT2D eigenvalue weighted by atomic mass is 32.1. The smallest absolute Gasteiger partial charge is 0.316 e. The van der Waals surface area contributed by atoms with Crippen LogP contribution in [0, 0.1) is 5.82 Å².